The zero-order valence-corrected chi connectivity index (χ0v) is 19.5. The van der Waals surface area contributed by atoms with Gasteiger partial charge in [-0.1, -0.05) is 41.9 Å². The molecule has 0 radical (unpaired) electrons. The SMILES string of the molecule is CCOC(=O)C1=C(c2ccccc2)Oc2nc(Cl)nc(Cl)c2C12C(=O)Nc1ccc(OC)cc12. The highest BCUT2D eigenvalue weighted by Gasteiger charge is 2.61. The van der Waals surface area contributed by atoms with Gasteiger partial charge in [0.1, 0.15) is 27.6 Å². The molecule has 0 saturated heterocycles. The first-order chi connectivity index (χ1) is 16.4. The monoisotopic (exact) mass is 497 g/mol. The van der Waals surface area contributed by atoms with Crippen molar-refractivity contribution in [2.75, 3.05) is 19.0 Å². The highest BCUT2D eigenvalue weighted by Crippen LogP contribution is 2.57. The van der Waals surface area contributed by atoms with Crippen molar-refractivity contribution < 1.29 is 23.8 Å². The van der Waals surface area contributed by atoms with Crippen LogP contribution in [0.25, 0.3) is 5.76 Å². The van der Waals surface area contributed by atoms with E-state index in [9.17, 15) is 9.59 Å². The number of methoxy groups -OCH3 is 1. The number of nitrogens with one attached hydrogen (secondary N) is 1. The standard InChI is InChI=1S/C24H17Cl2N3O5/c1-3-33-21(30)16-18(12-7-5-4-6-8-12)34-20-17(19(25)28-23(26)29-20)24(16)14-11-13(32-2)9-10-15(14)27-22(24)31/h4-11H,3H2,1-2H3,(H,27,31). The molecule has 5 rings (SSSR count). The van der Waals surface area contributed by atoms with Crippen molar-refractivity contribution >= 4 is 46.5 Å². The van der Waals surface area contributed by atoms with Gasteiger partial charge < -0.3 is 19.5 Å². The van der Waals surface area contributed by atoms with E-state index in [1.54, 1.807) is 49.4 Å². The lowest BCUT2D eigenvalue weighted by Gasteiger charge is -2.36. The van der Waals surface area contributed by atoms with Gasteiger partial charge in [-0.25, -0.2) is 9.78 Å². The van der Waals surface area contributed by atoms with E-state index in [0.29, 0.717) is 22.6 Å². The maximum Gasteiger partial charge on any atom is 0.339 e. The summed E-state index contributed by atoms with van der Waals surface area (Å²) in [6, 6.07) is 13.9. The largest absolute Gasteiger partial charge is 0.497 e. The van der Waals surface area contributed by atoms with Gasteiger partial charge in [0.25, 0.3) is 0 Å². The Bertz CT molecular complexity index is 1380. The number of rotatable bonds is 4. The Hall–Kier alpha value is -3.62. The van der Waals surface area contributed by atoms with Crippen molar-refractivity contribution in [3.8, 4) is 11.6 Å². The number of aromatic nitrogens is 2. The Morgan fingerprint density at radius 2 is 1.91 bits per heavy atom. The van der Waals surface area contributed by atoms with Crippen LogP contribution in [0.4, 0.5) is 5.69 Å². The number of hydrogen-bond acceptors (Lipinski definition) is 7. The molecule has 2 aliphatic rings. The molecule has 8 nitrogen and oxygen atoms in total. The molecule has 0 bridgehead atoms. The first-order valence-corrected chi connectivity index (χ1v) is 11.1. The Morgan fingerprint density at radius 1 is 1.15 bits per heavy atom. The number of nitrogens with zero attached hydrogens (tertiary/aromatic N) is 2. The van der Waals surface area contributed by atoms with Crippen LogP contribution < -0.4 is 14.8 Å². The van der Waals surface area contributed by atoms with Crippen LogP contribution >= 0.6 is 23.2 Å². The summed E-state index contributed by atoms with van der Waals surface area (Å²) in [4.78, 5) is 35.7. The van der Waals surface area contributed by atoms with E-state index >= 15 is 0 Å². The van der Waals surface area contributed by atoms with Gasteiger partial charge in [-0.2, -0.15) is 4.98 Å². The molecule has 3 heterocycles. The fourth-order valence-electron chi connectivity index (χ4n) is 4.37. The number of ether oxygens (including phenoxy) is 3. The Labute approximate surface area is 204 Å². The highest BCUT2D eigenvalue weighted by molar-refractivity contribution is 6.34. The molecule has 2 aromatic carbocycles. The number of fused-ring (bicyclic) bond motifs is 4. The summed E-state index contributed by atoms with van der Waals surface area (Å²) in [7, 11) is 1.50. The van der Waals surface area contributed by atoms with E-state index in [1.807, 2.05) is 6.07 Å². The molecule has 0 aliphatic carbocycles. The minimum atomic E-state index is -1.78. The van der Waals surface area contributed by atoms with Crippen LogP contribution in [-0.2, 0) is 19.7 Å². The second kappa shape index (κ2) is 8.30. The molecule has 0 fully saturated rings. The van der Waals surface area contributed by atoms with Gasteiger partial charge in [-0.05, 0) is 36.7 Å². The first kappa shape index (κ1) is 22.2. The fourth-order valence-corrected chi connectivity index (χ4v) is 4.88. The van der Waals surface area contributed by atoms with E-state index in [0.717, 1.165) is 0 Å². The molecule has 1 unspecified atom stereocenters. The molecule has 1 amide bonds. The van der Waals surface area contributed by atoms with Crippen LogP contribution in [0.5, 0.6) is 11.6 Å². The third kappa shape index (κ3) is 3.13. The molecule has 1 spiro atoms. The highest BCUT2D eigenvalue weighted by atomic mass is 35.5. The van der Waals surface area contributed by atoms with Crippen molar-refractivity contribution in [2.24, 2.45) is 0 Å². The van der Waals surface area contributed by atoms with Gasteiger partial charge in [-0.3, -0.25) is 4.79 Å². The number of esters is 1. The predicted molar refractivity (Wildman–Crippen MR) is 125 cm³/mol. The number of amides is 1. The summed E-state index contributed by atoms with van der Waals surface area (Å²) >= 11 is 12.7. The minimum Gasteiger partial charge on any atom is -0.497 e. The van der Waals surface area contributed by atoms with E-state index in [2.05, 4.69) is 15.3 Å². The van der Waals surface area contributed by atoms with Gasteiger partial charge in [0.15, 0.2) is 0 Å². The quantitative estimate of drug-likeness (QED) is 0.324. The molecule has 1 N–H and O–H groups in total. The van der Waals surface area contributed by atoms with E-state index in [-0.39, 0.29) is 39.8 Å². The van der Waals surface area contributed by atoms with Crippen molar-refractivity contribution in [3.05, 3.63) is 81.2 Å². The van der Waals surface area contributed by atoms with Gasteiger partial charge in [0.05, 0.1) is 19.3 Å². The van der Waals surface area contributed by atoms with Crippen LogP contribution in [0, 0.1) is 0 Å². The second-order valence-corrected chi connectivity index (χ2v) is 8.17. The van der Waals surface area contributed by atoms with Crippen LogP contribution in [0.15, 0.2) is 54.1 Å². The van der Waals surface area contributed by atoms with Crippen LogP contribution in [0.3, 0.4) is 0 Å². The number of carbonyl (C=O) groups is 2. The van der Waals surface area contributed by atoms with Crippen molar-refractivity contribution in [2.45, 2.75) is 12.3 Å². The third-order valence-corrected chi connectivity index (χ3v) is 6.16. The number of benzene rings is 2. The maximum atomic E-state index is 13.9. The van der Waals surface area contributed by atoms with Crippen LogP contribution in [0.1, 0.15) is 23.6 Å². The molecule has 1 atom stereocenters. The number of anilines is 1. The van der Waals surface area contributed by atoms with Crippen LogP contribution in [-0.4, -0.2) is 35.6 Å². The normalized spacial score (nSPS) is 18.2. The molecular formula is C24H17Cl2N3O5. The molecule has 172 valence electrons. The second-order valence-electron chi connectivity index (χ2n) is 7.47. The summed E-state index contributed by atoms with van der Waals surface area (Å²) in [5, 5.41) is 2.55. The van der Waals surface area contributed by atoms with Gasteiger partial charge in [0, 0.05) is 16.8 Å². The number of carbonyl (C=O) groups excluding carboxylic acids is 2. The number of halogens is 2. The van der Waals surface area contributed by atoms with Crippen molar-refractivity contribution in [1.29, 1.82) is 0 Å². The molecule has 34 heavy (non-hydrogen) atoms. The summed E-state index contributed by atoms with van der Waals surface area (Å²) in [5.74, 6) is -0.752. The Kier molecular flexibility index (Phi) is 5.42. The van der Waals surface area contributed by atoms with Crippen molar-refractivity contribution in [1.82, 2.24) is 9.97 Å². The summed E-state index contributed by atoms with van der Waals surface area (Å²) in [6.07, 6.45) is 0. The molecule has 10 heteroatoms. The van der Waals surface area contributed by atoms with E-state index in [4.69, 9.17) is 37.4 Å². The molecule has 0 saturated carbocycles. The lowest BCUT2D eigenvalue weighted by molar-refractivity contribution is -0.140. The topological polar surface area (TPSA) is 99.6 Å². The zero-order chi connectivity index (χ0) is 24.0. The lowest BCUT2D eigenvalue weighted by atomic mass is 9.68. The minimum absolute atomic E-state index is 0.0391. The lowest BCUT2D eigenvalue weighted by Crippen LogP contribution is -2.45. The maximum absolute atomic E-state index is 13.9. The van der Waals surface area contributed by atoms with Gasteiger partial charge in [-0.15, -0.1) is 0 Å². The number of hydrogen-bond donors (Lipinski definition) is 1. The average molecular weight is 498 g/mol. The molecule has 3 aromatic rings. The summed E-state index contributed by atoms with van der Waals surface area (Å²) in [6.45, 7) is 1.75. The van der Waals surface area contributed by atoms with Crippen molar-refractivity contribution in [3.63, 3.8) is 0 Å². The van der Waals surface area contributed by atoms with E-state index in [1.165, 1.54) is 7.11 Å². The smallest absolute Gasteiger partial charge is 0.339 e. The van der Waals surface area contributed by atoms with Crippen LogP contribution in [0.2, 0.25) is 10.4 Å². The third-order valence-electron chi connectivity index (χ3n) is 5.72. The predicted octanol–water partition coefficient (Wildman–Crippen LogP) is 4.40. The van der Waals surface area contributed by atoms with Gasteiger partial charge >= 0.3 is 5.97 Å². The molecule has 2 aliphatic heterocycles. The summed E-state index contributed by atoms with van der Waals surface area (Å²) in [5.41, 5.74) is -0.317. The Morgan fingerprint density at radius 3 is 2.62 bits per heavy atom. The molecule has 1 aromatic heterocycles. The Balaban J connectivity index is 1.97. The summed E-state index contributed by atoms with van der Waals surface area (Å²) < 4.78 is 16.9. The van der Waals surface area contributed by atoms with E-state index < -0.39 is 17.3 Å². The fraction of sp³-hybridized carbons (Fsp3) is 0.167. The first-order valence-electron chi connectivity index (χ1n) is 10.3. The molecular weight excluding hydrogens is 481 g/mol. The zero-order valence-electron chi connectivity index (χ0n) is 18.0. The average Bonchev–Trinajstić information content (AvgIpc) is 3.10. The van der Waals surface area contributed by atoms with Gasteiger partial charge in [0.2, 0.25) is 17.1 Å².